The van der Waals surface area contributed by atoms with Gasteiger partial charge in [0.05, 0.1) is 11.7 Å². The highest BCUT2D eigenvalue weighted by Crippen LogP contribution is 2.36. The molecule has 0 fully saturated rings. The van der Waals surface area contributed by atoms with Gasteiger partial charge in [-0.3, -0.25) is 4.79 Å². The zero-order valence-electron chi connectivity index (χ0n) is 10.2. The summed E-state index contributed by atoms with van der Waals surface area (Å²) in [5.74, 6) is -0.0927. The van der Waals surface area contributed by atoms with Gasteiger partial charge in [-0.05, 0) is 30.2 Å². The molecule has 0 bridgehead atoms. The smallest absolute Gasteiger partial charge is 0.184 e. The average molecular weight is 282 g/mol. The number of benzene rings is 1. The summed E-state index contributed by atoms with van der Waals surface area (Å²) >= 11 is 5.85. The van der Waals surface area contributed by atoms with E-state index in [1.54, 1.807) is 19.1 Å². The van der Waals surface area contributed by atoms with Crippen molar-refractivity contribution >= 4 is 17.4 Å². The molecule has 19 heavy (non-hydrogen) atoms. The van der Waals surface area contributed by atoms with Gasteiger partial charge in [0.1, 0.15) is 12.4 Å². The first-order valence-corrected chi connectivity index (χ1v) is 6.14. The van der Waals surface area contributed by atoms with Crippen LogP contribution in [0.4, 0.5) is 0 Å². The standard InChI is InChI=1S/C12H12ClN3O3/c1-2-10(17)12(15-16-14)6-19-9-4-3-7(13)5-8(9)11(12)18/h3-5,10,17H,2,6H2,1H3/t10-,12+/m0/s1. The van der Waals surface area contributed by atoms with Crippen molar-refractivity contribution in [3.05, 3.63) is 39.2 Å². The van der Waals surface area contributed by atoms with Crippen LogP contribution in [0.15, 0.2) is 23.3 Å². The number of carbonyl (C=O) groups excluding carboxylic acids is 1. The van der Waals surface area contributed by atoms with E-state index in [4.69, 9.17) is 21.9 Å². The molecule has 0 spiro atoms. The number of aliphatic hydroxyl groups excluding tert-OH is 1. The maximum atomic E-state index is 12.5. The highest BCUT2D eigenvalue weighted by molar-refractivity contribution is 6.31. The molecule has 0 saturated heterocycles. The van der Waals surface area contributed by atoms with Crippen LogP contribution in [-0.2, 0) is 0 Å². The van der Waals surface area contributed by atoms with E-state index in [2.05, 4.69) is 10.0 Å². The lowest BCUT2D eigenvalue weighted by Crippen LogP contribution is -2.54. The number of ether oxygens (including phenoxy) is 1. The molecule has 2 atom stereocenters. The second-order valence-electron chi connectivity index (χ2n) is 4.30. The molecule has 2 rings (SSSR count). The minimum absolute atomic E-state index is 0.181. The van der Waals surface area contributed by atoms with Crippen molar-refractivity contribution < 1.29 is 14.6 Å². The zero-order chi connectivity index (χ0) is 14.0. The summed E-state index contributed by atoms with van der Waals surface area (Å²) in [5.41, 5.74) is 7.26. The highest BCUT2D eigenvalue weighted by atomic mass is 35.5. The van der Waals surface area contributed by atoms with Gasteiger partial charge in [0.25, 0.3) is 0 Å². The third-order valence-electron chi connectivity index (χ3n) is 3.19. The first-order valence-electron chi connectivity index (χ1n) is 5.76. The summed E-state index contributed by atoms with van der Waals surface area (Å²) < 4.78 is 5.44. The molecule has 0 aliphatic carbocycles. The number of carbonyl (C=O) groups is 1. The summed E-state index contributed by atoms with van der Waals surface area (Å²) in [4.78, 5) is 15.2. The van der Waals surface area contributed by atoms with Gasteiger partial charge in [-0.2, -0.15) is 0 Å². The molecule has 1 heterocycles. The number of ketones is 1. The number of nitrogens with zero attached hydrogens (tertiary/aromatic N) is 3. The van der Waals surface area contributed by atoms with E-state index in [-0.39, 0.29) is 18.6 Å². The predicted molar refractivity (Wildman–Crippen MR) is 69.5 cm³/mol. The van der Waals surface area contributed by atoms with Crippen molar-refractivity contribution in [1.82, 2.24) is 0 Å². The van der Waals surface area contributed by atoms with Crippen molar-refractivity contribution in [2.45, 2.75) is 25.0 Å². The third-order valence-corrected chi connectivity index (χ3v) is 3.42. The minimum atomic E-state index is -1.62. The van der Waals surface area contributed by atoms with Crippen LogP contribution in [0.5, 0.6) is 5.75 Å². The normalized spacial score (nSPS) is 23.0. The van der Waals surface area contributed by atoms with Crippen molar-refractivity contribution in [3.8, 4) is 5.75 Å². The highest BCUT2D eigenvalue weighted by Gasteiger charge is 2.48. The molecule has 1 aromatic carbocycles. The number of hydrogen-bond donors (Lipinski definition) is 1. The Morgan fingerprint density at radius 3 is 3.05 bits per heavy atom. The van der Waals surface area contributed by atoms with Gasteiger partial charge in [-0.1, -0.05) is 23.6 Å². The first-order chi connectivity index (χ1) is 9.05. The van der Waals surface area contributed by atoms with Gasteiger partial charge < -0.3 is 9.84 Å². The Hall–Kier alpha value is -1.75. The van der Waals surface area contributed by atoms with Gasteiger partial charge >= 0.3 is 0 Å². The Morgan fingerprint density at radius 2 is 2.42 bits per heavy atom. The molecule has 1 aliphatic rings. The second kappa shape index (κ2) is 5.09. The molecule has 0 amide bonds. The summed E-state index contributed by atoms with van der Waals surface area (Å²) in [5, 5.41) is 13.9. The Labute approximate surface area is 114 Å². The molecule has 1 aliphatic heterocycles. The van der Waals surface area contributed by atoms with Crippen LogP contribution >= 0.6 is 11.6 Å². The molecular formula is C12H12ClN3O3. The van der Waals surface area contributed by atoms with E-state index in [1.807, 2.05) is 0 Å². The zero-order valence-corrected chi connectivity index (χ0v) is 11.0. The van der Waals surface area contributed by atoms with Gasteiger partial charge in [0.2, 0.25) is 0 Å². The summed E-state index contributed by atoms with van der Waals surface area (Å²) in [6.07, 6.45) is -0.840. The average Bonchev–Trinajstić information content (AvgIpc) is 2.42. The van der Waals surface area contributed by atoms with Gasteiger partial charge in [0, 0.05) is 9.93 Å². The predicted octanol–water partition coefficient (Wildman–Crippen LogP) is 2.74. The number of Topliss-reactive ketones (excluding diaryl/α,β-unsaturated/α-hetero) is 1. The Balaban J connectivity index is 2.56. The van der Waals surface area contributed by atoms with E-state index in [0.717, 1.165) is 0 Å². The maximum Gasteiger partial charge on any atom is 0.184 e. The Kier molecular flexibility index (Phi) is 3.66. The van der Waals surface area contributed by atoms with Crippen LogP contribution in [0.25, 0.3) is 10.4 Å². The lowest BCUT2D eigenvalue weighted by Gasteiger charge is -2.35. The molecule has 1 aromatic rings. The topological polar surface area (TPSA) is 95.3 Å². The molecule has 0 unspecified atom stereocenters. The quantitative estimate of drug-likeness (QED) is 0.524. The first kappa shape index (κ1) is 13.7. The number of rotatable bonds is 3. The van der Waals surface area contributed by atoms with E-state index in [9.17, 15) is 9.90 Å². The van der Waals surface area contributed by atoms with Crippen LogP contribution in [0, 0.1) is 0 Å². The van der Waals surface area contributed by atoms with Crippen LogP contribution in [0.2, 0.25) is 5.02 Å². The van der Waals surface area contributed by atoms with Crippen LogP contribution in [-0.4, -0.2) is 29.1 Å². The number of fused-ring (bicyclic) bond motifs is 1. The fourth-order valence-corrected chi connectivity index (χ4v) is 2.27. The largest absolute Gasteiger partial charge is 0.492 e. The Bertz CT molecular complexity index is 571. The monoisotopic (exact) mass is 281 g/mol. The van der Waals surface area contributed by atoms with E-state index < -0.39 is 17.4 Å². The fourth-order valence-electron chi connectivity index (χ4n) is 2.10. The fraction of sp³-hybridized carbons (Fsp3) is 0.417. The second-order valence-corrected chi connectivity index (χ2v) is 4.73. The van der Waals surface area contributed by atoms with Crippen LogP contribution in [0.3, 0.4) is 0 Å². The molecular weight excluding hydrogens is 270 g/mol. The van der Waals surface area contributed by atoms with Crippen molar-refractivity contribution in [2.75, 3.05) is 6.61 Å². The molecule has 7 heteroatoms. The van der Waals surface area contributed by atoms with E-state index in [1.165, 1.54) is 6.07 Å². The van der Waals surface area contributed by atoms with Crippen LogP contribution < -0.4 is 4.74 Å². The molecule has 100 valence electrons. The molecule has 1 N–H and O–H groups in total. The number of halogens is 1. The molecule has 0 radical (unpaired) electrons. The minimum Gasteiger partial charge on any atom is -0.492 e. The van der Waals surface area contributed by atoms with Crippen molar-refractivity contribution in [2.24, 2.45) is 5.11 Å². The van der Waals surface area contributed by atoms with Gasteiger partial charge in [0.15, 0.2) is 11.3 Å². The number of azide groups is 1. The summed E-state index contributed by atoms with van der Waals surface area (Å²) in [6, 6.07) is 4.63. The lowest BCUT2D eigenvalue weighted by atomic mass is 9.82. The van der Waals surface area contributed by atoms with Crippen molar-refractivity contribution in [3.63, 3.8) is 0 Å². The lowest BCUT2D eigenvalue weighted by molar-refractivity contribution is 0.0332. The summed E-state index contributed by atoms with van der Waals surface area (Å²) in [7, 11) is 0. The maximum absolute atomic E-state index is 12.5. The van der Waals surface area contributed by atoms with Gasteiger partial charge in [-0.25, -0.2) is 0 Å². The Morgan fingerprint density at radius 1 is 1.68 bits per heavy atom. The molecule has 6 nitrogen and oxygen atoms in total. The number of aliphatic hydroxyl groups is 1. The molecule has 0 saturated carbocycles. The van der Waals surface area contributed by atoms with E-state index >= 15 is 0 Å². The SMILES string of the molecule is CC[C@H](O)[C@]1(N=[N+]=[N-])COc2ccc(Cl)cc2C1=O. The molecule has 0 aromatic heterocycles. The van der Waals surface area contributed by atoms with E-state index in [0.29, 0.717) is 10.8 Å². The van der Waals surface area contributed by atoms with Gasteiger partial charge in [-0.15, -0.1) is 0 Å². The van der Waals surface area contributed by atoms with Crippen molar-refractivity contribution in [1.29, 1.82) is 0 Å². The van der Waals surface area contributed by atoms with Crippen LogP contribution in [0.1, 0.15) is 23.7 Å². The summed E-state index contributed by atoms with van der Waals surface area (Å²) in [6.45, 7) is 1.51. The number of hydrogen-bond acceptors (Lipinski definition) is 4. The third kappa shape index (κ3) is 2.14.